The Balaban J connectivity index is 1.52. The molecule has 0 bridgehead atoms. The molecular weight excluding hydrogens is 331 g/mol. The highest BCUT2D eigenvalue weighted by atomic mass is 19.1. The Bertz CT molecular complexity index is 727. The van der Waals surface area contributed by atoms with Crippen molar-refractivity contribution in [3.05, 3.63) is 59.7 Å². The molecule has 1 N–H and O–H groups in total. The van der Waals surface area contributed by atoms with E-state index >= 15 is 0 Å². The maximum atomic E-state index is 13.1. The molecule has 1 heterocycles. The van der Waals surface area contributed by atoms with Crippen LogP contribution in [0.2, 0.25) is 0 Å². The lowest BCUT2D eigenvalue weighted by molar-refractivity contribution is 0.0919. The summed E-state index contributed by atoms with van der Waals surface area (Å²) in [4.78, 5) is 16.7. The molecule has 1 aliphatic carbocycles. The van der Waals surface area contributed by atoms with Crippen LogP contribution in [0.25, 0.3) is 0 Å². The van der Waals surface area contributed by atoms with Crippen molar-refractivity contribution in [1.82, 2.24) is 10.3 Å². The summed E-state index contributed by atoms with van der Waals surface area (Å²) in [5.74, 6) is 0.595. The second kappa shape index (κ2) is 8.79. The van der Waals surface area contributed by atoms with Gasteiger partial charge in [0.1, 0.15) is 18.2 Å². The molecule has 4 nitrogen and oxygen atoms in total. The van der Waals surface area contributed by atoms with E-state index in [1.807, 2.05) is 0 Å². The van der Waals surface area contributed by atoms with E-state index in [9.17, 15) is 9.18 Å². The van der Waals surface area contributed by atoms with Crippen molar-refractivity contribution in [3.8, 4) is 5.75 Å². The predicted molar refractivity (Wildman–Crippen MR) is 98.5 cm³/mol. The maximum absolute atomic E-state index is 13.1. The number of halogens is 1. The van der Waals surface area contributed by atoms with Crippen LogP contribution in [0.3, 0.4) is 0 Å². The Hall–Kier alpha value is -2.43. The summed E-state index contributed by atoms with van der Waals surface area (Å²) in [6, 6.07) is 9.68. The number of nitrogens with one attached hydrogen (secondary N) is 1. The molecule has 1 aromatic heterocycles. The summed E-state index contributed by atoms with van der Waals surface area (Å²) in [6.07, 6.45) is 7.76. The lowest BCUT2D eigenvalue weighted by Crippen LogP contribution is -2.38. The zero-order chi connectivity index (χ0) is 18.4. The molecule has 1 fully saturated rings. The molecule has 3 rings (SSSR count). The Morgan fingerprint density at radius 2 is 2.08 bits per heavy atom. The smallest absolute Gasteiger partial charge is 0.253 e. The monoisotopic (exact) mass is 356 g/mol. The van der Waals surface area contributed by atoms with E-state index in [4.69, 9.17) is 4.74 Å². The highest BCUT2D eigenvalue weighted by Crippen LogP contribution is 2.26. The molecule has 1 amide bonds. The van der Waals surface area contributed by atoms with Crippen LogP contribution in [-0.4, -0.2) is 16.9 Å². The number of pyridine rings is 1. The molecule has 26 heavy (non-hydrogen) atoms. The van der Waals surface area contributed by atoms with Gasteiger partial charge < -0.3 is 10.1 Å². The highest BCUT2D eigenvalue weighted by Gasteiger charge is 2.21. The van der Waals surface area contributed by atoms with Gasteiger partial charge in [-0.25, -0.2) is 4.39 Å². The van der Waals surface area contributed by atoms with Crippen LogP contribution in [0.15, 0.2) is 42.6 Å². The number of rotatable bonds is 6. The SMILES string of the molecule is CC(NC(=O)c1ccc(COc2cccc(F)c2)nc1)C1CCCCC1. The topological polar surface area (TPSA) is 51.2 Å². The van der Waals surface area contributed by atoms with Crippen molar-refractivity contribution in [3.63, 3.8) is 0 Å². The van der Waals surface area contributed by atoms with Crippen molar-refractivity contribution in [2.75, 3.05) is 0 Å². The fourth-order valence-electron chi connectivity index (χ4n) is 3.40. The Kier molecular flexibility index (Phi) is 6.21. The molecule has 138 valence electrons. The molecule has 5 heteroatoms. The number of ether oxygens (including phenoxy) is 1. The van der Waals surface area contributed by atoms with Crippen molar-refractivity contribution >= 4 is 5.91 Å². The van der Waals surface area contributed by atoms with Crippen LogP contribution < -0.4 is 10.1 Å². The molecule has 2 aromatic rings. The van der Waals surface area contributed by atoms with Crippen LogP contribution in [-0.2, 0) is 6.61 Å². The molecule has 1 unspecified atom stereocenters. The van der Waals surface area contributed by atoms with E-state index in [1.165, 1.54) is 44.2 Å². The van der Waals surface area contributed by atoms with Crippen molar-refractivity contribution in [2.24, 2.45) is 5.92 Å². The number of hydrogen-bond acceptors (Lipinski definition) is 3. The molecule has 0 spiro atoms. The largest absolute Gasteiger partial charge is 0.487 e. The fraction of sp³-hybridized carbons (Fsp3) is 0.429. The maximum Gasteiger partial charge on any atom is 0.253 e. The summed E-state index contributed by atoms with van der Waals surface area (Å²) in [7, 11) is 0. The van der Waals surface area contributed by atoms with Gasteiger partial charge in [0.05, 0.1) is 11.3 Å². The van der Waals surface area contributed by atoms with Gasteiger partial charge in [0.15, 0.2) is 0 Å². The minimum absolute atomic E-state index is 0.0897. The second-order valence-corrected chi connectivity index (χ2v) is 6.94. The minimum atomic E-state index is -0.338. The van der Waals surface area contributed by atoms with Gasteiger partial charge in [-0.2, -0.15) is 0 Å². The van der Waals surface area contributed by atoms with E-state index in [0.29, 0.717) is 22.9 Å². The summed E-state index contributed by atoms with van der Waals surface area (Å²) in [6.45, 7) is 2.31. The Morgan fingerprint density at radius 1 is 1.27 bits per heavy atom. The van der Waals surface area contributed by atoms with E-state index < -0.39 is 0 Å². The number of benzene rings is 1. The highest BCUT2D eigenvalue weighted by molar-refractivity contribution is 5.94. The van der Waals surface area contributed by atoms with Crippen molar-refractivity contribution < 1.29 is 13.9 Å². The first-order chi connectivity index (χ1) is 12.6. The van der Waals surface area contributed by atoms with Gasteiger partial charge in [-0.05, 0) is 49.9 Å². The number of amides is 1. The summed E-state index contributed by atoms with van der Waals surface area (Å²) in [5, 5.41) is 3.10. The zero-order valence-corrected chi connectivity index (χ0v) is 15.1. The average molecular weight is 356 g/mol. The summed E-state index contributed by atoms with van der Waals surface area (Å²) in [5.41, 5.74) is 1.23. The minimum Gasteiger partial charge on any atom is -0.487 e. The van der Waals surface area contributed by atoms with Gasteiger partial charge >= 0.3 is 0 Å². The van der Waals surface area contributed by atoms with Gasteiger partial charge in [-0.1, -0.05) is 25.3 Å². The van der Waals surface area contributed by atoms with Gasteiger partial charge in [-0.15, -0.1) is 0 Å². The second-order valence-electron chi connectivity index (χ2n) is 6.94. The number of hydrogen-bond donors (Lipinski definition) is 1. The van der Waals surface area contributed by atoms with Gasteiger partial charge in [0.2, 0.25) is 0 Å². The van der Waals surface area contributed by atoms with Gasteiger partial charge in [0.25, 0.3) is 5.91 Å². The molecule has 1 aliphatic rings. The fourth-order valence-corrected chi connectivity index (χ4v) is 3.40. The number of aromatic nitrogens is 1. The lowest BCUT2D eigenvalue weighted by Gasteiger charge is -2.28. The van der Waals surface area contributed by atoms with E-state index in [1.54, 1.807) is 30.5 Å². The van der Waals surface area contributed by atoms with E-state index in [-0.39, 0.29) is 24.4 Å². The van der Waals surface area contributed by atoms with E-state index in [2.05, 4.69) is 17.2 Å². The van der Waals surface area contributed by atoms with Crippen LogP contribution in [0.1, 0.15) is 55.1 Å². The normalized spacial score (nSPS) is 16.1. The zero-order valence-electron chi connectivity index (χ0n) is 15.1. The molecule has 0 aliphatic heterocycles. The van der Waals surface area contributed by atoms with Crippen LogP contribution in [0.4, 0.5) is 4.39 Å². The third-order valence-electron chi connectivity index (χ3n) is 4.99. The van der Waals surface area contributed by atoms with Crippen LogP contribution in [0, 0.1) is 11.7 Å². The molecule has 1 aromatic carbocycles. The van der Waals surface area contributed by atoms with Gasteiger partial charge in [0, 0.05) is 18.3 Å². The number of nitrogens with zero attached hydrogens (tertiary/aromatic N) is 1. The molecule has 0 radical (unpaired) electrons. The summed E-state index contributed by atoms with van der Waals surface area (Å²) < 4.78 is 18.6. The third kappa shape index (κ3) is 5.04. The Morgan fingerprint density at radius 3 is 2.77 bits per heavy atom. The average Bonchev–Trinajstić information content (AvgIpc) is 2.67. The quantitative estimate of drug-likeness (QED) is 0.829. The van der Waals surface area contributed by atoms with Crippen LogP contribution >= 0.6 is 0 Å². The molecule has 0 saturated heterocycles. The number of carbonyl (C=O) groups excluding carboxylic acids is 1. The first-order valence-electron chi connectivity index (χ1n) is 9.26. The Labute approximate surface area is 153 Å². The van der Waals surface area contributed by atoms with Crippen molar-refractivity contribution in [2.45, 2.75) is 51.7 Å². The third-order valence-corrected chi connectivity index (χ3v) is 4.99. The first-order valence-corrected chi connectivity index (χ1v) is 9.26. The molecular formula is C21H25FN2O2. The summed E-state index contributed by atoms with van der Waals surface area (Å²) >= 11 is 0. The predicted octanol–water partition coefficient (Wildman–Crippen LogP) is 4.50. The standard InChI is InChI=1S/C21H25FN2O2/c1-15(16-6-3-2-4-7-16)24-21(25)17-10-11-19(23-13-17)14-26-20-9-5-8-18(22)12-20/h5,8-13,15-16H,2-4,6-7,14H2,1H3,(H,24,25). The van der Waals surface area contributed by atoms with Gasteiger partial charge in [-0.3, -0.25) is 9.78 Å². The molecule has 1 saturated carbocycles. The molecule has 1 atom stereocenters. The van der Waals surface area contributed by atoms with Crippen LogP contribution in [0.5, 0.6) is 5.75 Å². The van der Waals surface area contributed by atoms with Crippen molar-refractivity contribution in [1.29, 1.82) is 0 Å². The lowest BCUT2D eigenvalue weighted by atomic mass is 9.84. The number of carbonyl (C=O) groups is 1. The first kappa shape index (κ1) is 18.4. The van der Waals surface area contributed by atoms with E-state index in [0.717, 1.165) is 0 Å².